The van der Waals surface area contributed by atoms with Crippen LogP contribution in [0.5, 0.6) is 0 Å². The van der Waals surface area contributed by atoms with E-state index in [9.17, 15) is 0 Å². The Labute approximate surface area is 107 Å². The topological polar surface area (TPSA) is 0 Å². The zero-order valence-electron chi connectivity index (χ0n) is 8.30. The van der Waals surface area contributed by atoms with Gasteiger partial charge in [0.25, 0.3) is 0 Å². The van der Waals surface area contributed by atoms with E-state index in [4.69, 9.17) is 0 Å². The van der Waals surface area contributed by atoms with Crippen molar-refractivity contribution in [3.63, 3.8) is 0 Å². The molecule has 0 atom stereocenters. The Balaban J connectivity index is 2.49. The molecule has 0 unspecified atom stereocenters. The maximum absolute atomic E-state index is 3.57. The largest absolute Gasteiger partial charge is 0.0587 e. The minimum absolute atomic E-state index is 1.09. The molecule has 15 heavy (non-hydrogen) atoms. The number of hydrogen-bond donors (Lipinski definition) is 0. The lowest BCUT2D eigenvalue weighted by Crippen LogP contribution is -1.80. The summed E-state index contributed by atoms with van der Waals surface area (Å²) in [4.78, 5) is 0. The zero-order valence-corrected chi connectivity index (χ0v) is 11.5. The normalized spacial score (nSPS) is 10.3. The van der Waals surface area contributed by atoms with Gasteiger partial charge < -0.3 is 0 Å². The van der Waals surface area contributed by atoms with Crippen molar-refractivity contribution in [2.75, 3.05) is 0 Å². The van der Waals surface area contributed by atoms with E-state index in [0.29, 0.717) is 0 Å². The second-order valence-electron chi connectivity index (χ2n) is 3.49. The molecule has 0 heterocycles. The van der Waals surface area contributed by atoms with E-state index in [2.05, 4.69) is 81.2 Å². The predicted octanol–water partition coefficient (Wildman–Crippen LogP) is 5.19. The average Bonchev–Trinajstić information content (AvgIpc) is 2.20. The molecule has 0 fully saturated rings. The lowest BCUT2D eigenvalue weighted by atomic mass is 10.0. The molecule has 0 amide bonds. The predicted molar refractivity (Wildman–Crippen MR) is 72.0 cm³/mol. The van der Waals surface area contributed by atoms with Gasteiger partial charge in [0.2, 0.25) is 0 Å². The first-order chi connectivity index (χ1) is 7.16. The van der Waals surface area contributed by atoms with Crippen molar-refractivity contribution < 1.29 is 0 Å². The molecule has 2 aromatic carbocycles. The lowest BCUT2D eigenvalue weighted by Gasteiger charge is -2.05. The highest BCUT2D eigenvalue weighted by Gasteiger charge is 2.02. The van der Waals surface area contributed by atoms with Gasteiger partial charge in [0.05, 0.1) is 0 Å². The molecule has 76 valence electrons. The molecule has 0 aromatic heterocycles. The summed E-state index contributed by atoms with van der Waals surface area (Å²) in [5, 5.41) is 0. The van der Waals surface area contributed by atoms with Crippen molar-refractivity contribution in [2.45, 2.75) is 6.92 Å². The standard InChI is InChI=1S/C13H10Br2/c1-9-2-4-10(5-3-9)12-7-6-11(14)8-13(12)15/h2-8H,1H3. The fourth-order valence-electron chi connectivity index (χ4n) is 1.46. The zero-order chi connectivity index (χ0) is 10.8. The quantitative estimate of drug-likeness (QED) is 0.677. The molecular formula is C13H10Br2. The number of aryl methyl sites for hydroxylation is 1. The first-order valence-electron chi connectivity index (χ1n) is 4.69. The summed E-state index contributed by atoms with van der Waals surface area (Å²) < 4.78 is 2.20. The summed E-state index contributed by atoms with van der Waals surface area (Å²) in [7, 11) is 0. The van der Waals surface area contributed by atoms with E-state index in [1.54, 1.807) is 0 Å². The summed E-state index contributed by atoms with van der Waals surface area (Å²) in [6.45, 7) is 2.10. The van der Waals surface area contributed by atoms with Crippen molar-refractivity contribution in [1.82, 2.24) is 0 Å². The van der Waals surface area contributed by atoms with Crippen LogP contribution in [-0.2, 0) is 0 Å². The van der Waals surface area contributed by atoms with Gasteiger partial charge in [0.1, 0.15) is 0 Å². The number of rotatable bonds is 1. The Hall–Kier alpha value is -0.600. The molecule has 0 aliphatic carbocycles. The number of halogens is 2. The third kappa shape index (κ3) is 2.50. The average molecular weight is 326 g/mol. The minimum Gasteiger partial charge on any atom is -0.0587 e. The maximum atomic E-state index is 3.57. The molecular weight excluding hydrogens is 316 g/mol. The van der Waals surface area contributed by atoms with Crippen LogP contribution in [0, 0.1) is 6.92 Å². The molecule has 0 spiro atoms. The van der Waals surface area contributed by atoms with Crippen molar-refractivity contribution >= 4 is 31.9 Å². The van der Waals surface area contributed by atoms with E-state index >= 15 is 0 Å². The summed E-state index contributed by atoms with van der Waals surface area (Å²) >= 11 is 7.02. The van der Waals surface area contributed by atoms with Gasteiger partial charge in [-0.05, 0) is 30.2 Å². The van der Waals surface area contributed by atoms with Crippen LogP contribution >= 0.6 is 31.9 Å². The van der Waals surface area contributed by atoms with Crippen LogP contribution in [0.4, 0.5) is 0 Å². The maximum Gasteiger partial charge on any atom is 0.0264 e. The highest BCUT2D eigenvalue weighted by Crippen LogP contribution is 2.30. The summed E-state index contributed by atoms with van der Waals surface area (Å²) in [6, 6.07) is 14.8. The molecule has 2 rings (SSSR count). The second kappa shape index (κ2) is 4.50. The summed E-state index contributed by atoms with van der Waals surface area (Å²) in [6.07, 6.45) is 0. The fraction of sp³-hybridized carbons (Fsp3) is 0.0769. The number of benzene rings is 2. The highest BCUT2D eigenvalue weighted by molar-refractivity contribution is 9.11. The molecule has 0 aliphatic rings. The molecule has 2 heteroatoms. The van der Waals surface area contributed by atoms with Crippen LogP contribution in [0.1, 0.15) is 5.56 Å². The Morgan fingerprint density at radius 3 is 2.13 bits per heavy atom. The highest BCUT2D eigenvalue weighted by atomic mass is 79.9. The van der Waals surface area contributed by atoms with Gasteiger partial charge in [-0.3, -0.25) is 0 Å². The van der Waals surface area contributed by atoms with Crippen molar-refractivity contribution in [2.24, 2.45) is 0 Å². The third-order valence-corrected chi connectivity index (χ3v) is 3.44. The summed E-state index contributed by atoms with van der Waals surface area (Å²) in [5.41, 5.74) is 3.74. The van der Waals surface area contributed by atoms with Gasteiger partial charge in [-0.2, -0.15) is 0 Å². The fourth-order valence-corrected chi connectivity index (χ4v) is 2.73. The van der Waals surface area contributed by atoms with Gasteiger partial charge in [-0.25, -0.2) is 0 Å². The molecule has 0 aliphatic heterocycles. The van der Waals surface area contributed by atoms with Gasteiger partial charge >= 0.3 is 0 Å². The molecule has 0 N–H and O–H groups in total. The Bertz CT molecular complexity index is 472. The molecule has 0 bridgehead atoms. The van der Waals surface area contributed by atoms with E-state index in [1.807, 2.05) is 0 Å². The summed E-state index contributed by atoms with van der Waals surface area (Å²) in [5.74, 6) is 0. The first kappa shape index (κ1) is 10.9. The van der Waals surface area contributed by atoms with Gasteiger partial charge in [0.15, 0.2) is 0 Å². The van der Waals surface area contributed by atoms with E-state index in [-0.39, 0.29) is 0 Å². The van der Waals surface area contributed by atoms with Crippen molar-refractivity contribution in [3.8, 4) is 11.1 Å². The van der Waals surface area contributed by atoms with Crippen LogP contribution < -0.4 is 0 Å². The van der Waals surface area contributed by atoms with Gasteiger partial charge in [0, 0.05) is 8.95 Å². The monoisotopic (exact) mass is 324 g/mol. The van der Waals surface area contributed by atoms with Crippen LogP contribution in [-0.4, -0.2) is 0 Å². The Kier molecular flexibility index (Phi) is 3.27. The number of hydrogen-bond acceptors (Lipinski definition) is 0. The van der Waals surface area contributed by atoms with Crippen LogP contribution in [0.25, 0.3) is 11.1 Å². The second-order valence-corrected chi connectivity index (χ2v) is 5.26. The molecule has 0 radical (unpaired) electrons. The van der Waals surface area contributed by atoms with Gasteiger partial charge in [-0.1, -0.05) is 67.8 Å². The van der Waals surface area contributed by atoms with E-state index < -0.39 is 0 Å². The molecule has 0 saturated heterocycles. The Morgan fingerprint density at radius 1 is 0.867 bits per heavy atom. The molecule has 2 aromatic rings. The minimum atomic E-state index is 1.09. The smallest absolute Gasteiger partial charge is 0.0264 e. The lowest BCUT2D eigenvalue weighted by molar-refractivity contribution is 1.46. The molecule has 0 nitrogen and oxygen atoms in total. The van der Waals surface area contributed by atoms with Crippen LogP contribution in [0.3, 0.4) is 0 Å². The van der Waals surface area contributed by atoms with Gasteiger partial charge in [-0.15, -0.1) is 0 Å². The van der Waals surface area contributed by atoms with Crippen LogP contribution in [0.15, 0.2) is 51.4 Å². The molecule has 0 saturated carbocycles. The first-order valence-corrected chi connectivity index (χ1v) is 6.27. The van der Waals surface area contributed by atoms with E-state index in [1.165, 1.54) is 16.7 Å². The van der Waals surface area contributed by atoms with Crippen molar-refractivity contribution in [3.05, 3.63) is 57.0 Å². The Morgan fingerprint density at radius 2 is 1.53 bits per heavy atom. The van der Waals surface area contributed by atoms with Crippen molar-refractivity contribution in [1.29, 1.82) is 0 Å². The SMILES string of the molecule is Cc1ccc(-c2ccc(Br)cc2Br)cc1. The van der Waals surface area contributed by atoms with Crippen LogP contribution in [0.2, 0.25) is 0 Å². The third-order valence-electron chi connectivity index (χ3n) is 2.29. The van der Waals surface area contributed by atoms with E-state index in [0.717, 1.165) is 8.95 Å².